The summed E-state index contributed by atoms with van der Waals surface area (Å²) in [4.78, 5) is 11.6. The molecule has 0 saturated carbocycles. The highest BCUT2D eigenvalue weighted by Crippen LogP contribution is 2.10. The van der Waals surface area contributed by atoms with Gasteiger partial charge < -0.3 is 5.73 Å². The largest absolute Gasteiger partial charge is 0.330 e. The Bertz CT molecular complexity index is 329. The van der Waals surface area contributed by atoms with E-state index in [1.807, 2.05) is 12.1 Å². The van der Waals surface area contributed by atoms with Crippen LogP contribution in [0.2, 0.25) is 0 Å². The van der Waals surface area contributed by atoms with E-state index in [0.717, 1.165) is 12.0 Å². The number of Topliss-reactive ketones (excluding diaryl/α,β-unsaturated/α-hetero) is 1. The highest BCUT2D eigenvalue weighted by molar-refractivity contribution is 5.96. The third-order valence-corrected chi connectivity index (χ3v) is 2.97. The zero-order chi connectivity index (χ0) is 12.5. The summed E-state index contributed by atoms with van der Waals surface area (Å²) in [7, 11) is 0. The fourth-order valence-electron chi connectivity index (χ4n) is 1.89. The van der Waals surface area contributed by atoms with Gasteiger partial charge in [-0.1, -0.05) is 50.5 Å². The first-order valence-electron chi connectivity index (χ1n) is 6.60. The van der Waals surface area contributed by atoms with Crippen molar-refractivity contribution in [3.8, 4) is 0 Å². The number of hydrogen-bond donors (Lipinski definition) is 1. The van der Waals surface area contributed by atoms with Gasteiger partial charge in [-0.15, -0.1) is 0 Å². The van der Waals surface area contributed by atoms with Crippen molar-refractivity contribution in [3.63, 3.8) is 0 Å². The molecule has 0 aliphatic rings. The van der Waals surface area contributed by atoms with E-state index in [2.05, 4.69) is 19.1 Å². The van der Waals surface area contributed by atoms with Gasteiger partial charge in [-0.05, 0) is 24.9 Å². The van der Waals surface area contributed by atoms with Crippen LogP contribution in [0.3, 0.4) is 0 Å². The molecule has 2 nitrogen and oxygen atoms in total. The predicted octanol–water partition coefficient (Wildman–Crippen LogP) is 3.34. The van der Waals surface area contributed by atoms with E-state index < -0.39 is 0 Å². The van der Waals surface area contributed by atoms with Crippen molar-refractivity contribution in [3.05, 3.63) is 35.4 Å². The van der Waals surface area contributed by atoms with Gasteiger partial charge >= 0.3 is 0 Å². The Balaban J connectivity index is 2.42. The van der Waals surface area contributed by atoms with Gasteiger partial charge in [-0.3, -0.25) is 4.79 Å². The molecule has 0 saturated heterocycles. The van der Waals surface area contributed by atoms with Gasteiger partial charge in [0, 0.05) is 12.0 Å². The van der Waals surface area contributed by atoms with E-state index in [9.17, 15) is 4.79 Å². The molecule has 1 rings (SSSR count). The zero-order valence-electron chi connectivity index (χ0n) is 10.7. The molecule has 2 heteroatoms. The monoisotopic (exact) mass is 233 g/mol. The zero-order valence-corrected chi connectivity index (χ0v) is 10.7. The van der Waals surface area contributed by atoms with Crippen molar-refractivity contribution in [1.82, 2.24) is 0 Å². The lowest BCUT2D eigenvalue weighted by atomic mass is 10.0. The Hall–Kier alpha value is -1.15. The van der Waals surface area contributed by atoms with E-state index in [-0.39, 0.29) is 5.78 Å². The molecule has 0 atom stereocenters. The van der Waals surface area contributed by atoms with Crippen molar-refractivity contribution in [2.45, 2.75) is 45.4 Å². The molecule has 0 bridgehead atoms. The quantitative estimate of drug-likeness (QED) is 0.553. The number of nitrogens with two attached hydrogens (primary N) is 1. The Morgan fingerprint density at radius 2 is 1.82 bits per heavy atom. The topological polar surface area (TPSA) is 43.1 Å². The number of carbonyl (C=O) groups excluding carboxylic acids is 1. The van der Waals surface area contributed by atoms with Crippen LogP contribution in [0.5, 0.6) is 0 Å². The highest BCUT2D eigenvalue weighted by Gasteiger charge is 2.03. The second-order valence-electron chi connectivity index (χ2n) is 4.47. The molecule has 0 radical (unpaired) electrons. The van der Waals surface area contributed by atoms with Crippen LogP contribution < -0.4 is 5.73 Å². The summed E-state index contributed by atoms with van der Waals surface area (Å²) in [6, 6.07) is 7.98. The van der Waals surface area contributed by atoms with E-state index in [0.29, 0.717) is 13.0 Å². The van der Waals surface area contributed by atoms with Crippen LogP contribution in [-0.2, 0) is 6.42 Å². The maximum Gasteiger partial charge on any atom is 0.164 e. The number of rotatable bonds is 8. The molecular formula is C15H23NO. The first kappa shape index (κ1) is 13.9. The number of unbranched alkanes of at least 4 members (excludes halogenated alkanes) is 3. The minimum Gasteiger partial charge on any atom is -0.330 e. The second kappa shape index (κ2) is 8.02. The summed E-state index contributed by atoms with van der Waals surface area (Å²) in [5.74, 6) is 0.144. The van der Waals surface area contributed by atoms with Gasteiger partial charge in [-0.2, -0.15) is 0 Å². The van der Waals surface area contributed by atoms with E-state index >= 15 is 0 Å². The average Bonchev–Trinajstić information content (AvgIpc) is 2.36. The molecule has 94 valence electrons. The van der Waals surface area contributed by atoms with Crippen molar-refractivity contribution in [2.75, 3.05) is 6.54 Å². The molecule has 0 fully saturated rings. The van der Waals surface area contributed by atoms with Gasteiger partial charge in [0.05, 0.1) is 0 Å². The second-order valence-corrected chi connectivity index (χ2v) is 4.47. The van der Waals surface area contributed by atoms with Gasteiger partial charge in [-0.25, -0.2) is 0 Å². The van der Waals surface area contributed by atoms with Gasteiger partial charge in [0.1, 0.15) is 0 Å². The summed E-state index contributed by atoms with van der Waals surface area (Å²) in [5, 5.41) is 0. The summed E-state index contributed by atoms with van der Waals surface area (Å²) in [5.41, 5.74) is 7.48. The normalized spacial score (nSPS) is 10.5. The Labute approximate surface area is 104 Å². The van der Waals surface area contributed by atoms with E-state index in [1.165, 1.54) is 31.2 Å². The fourth-order valence-corrected chi connectivity index (χ4v) is 1.89. The van der Waals surface area contributed by atoms with E-state index in [4.69, 9.17) is 5.73 Å². The van der Waals surface area contributed by atoms with Crippen LogP contribution in [-0.4, -0.2) is 12.3 Å². The summed E-state index contributed by atoms with van der Waals surface area (Å²) >= 11 is 0. The first-order valence-corrected chi connectivity index (χ1v) is 6.60. The molecule has 1 aromatic rings. The van der Waals surface area contributed by atoms with Crippen LogP contribution in [0.1, 0.15) is 54.9 Å². The van der Waals surface area contributed by atoms with Crippen molar-refractivity contribution >= 4 is 5.78 Å². The maximum atomic E-state index is 11.6. The Morgan fingerprint density at radius 1 is 1.12 bits per heavy atom. The molecule has 0 aromatic heterocycles. The van der Waals surface area contributed by atoms with Crippen molar-refractivity contribution in [2.24, 2.45) is 5.73 Å². The maximum absolute atomic E-state index is 11.6. The number of benzene rings is 1. The van der Waals surface area contributed by atoms with E-state index in [1.54, 1.807) is 0 Å². The molecule has 2 N–H and O–H groups in total. The lowest BCUT2D eigenvalue weighted by Gasteiger charge is -2.03. The molecular weight excluding hydrogens is 210 g/mol. The van der Waals surface area contributed by atoms with Crippen LogP contribution in [0.4, 0.5) is 0 Å². The third-order valence-electron chi connectivity index (χ3n) is 2.97. The third kappa shape index (κ3) is 5.14. The minimum atomic E-state index is 0.144. The van der Waals surface area contributed by atoms with Crippen LogP contribution in [0.15, 0.2) is 24.3 Å². The summed E-state index contributed by atoms with van der Waals surface area (Å²) < 4.78 is 0. The average molecular weight is 233 g/mol. The number of ketones is 1. The standard InChI is InChI=1S/C15H23NO/c1-2-3-4-5-6-13-7-9-14(10-8-13)15(17)11-12-16/h7-10H,2-6,11-12,16H2,1H3. The molecule has 0 spiro atoms. The molecule has 0 amide bonds. The molecule has 0 aliphatic heterocycles. The first-order chi connectivity index (χ1) is 8.27. The highest BCUT2D eigenvalue weighted by atomic mass is 16.1. The van der Waals surface area contributed by atoms with Gasteiger partial charge in [0.2, 0.25) is 0 Å². The fraction of sp³-hybridized carbons (Fsp3) is 0.533. The minimum absolute atomic E-state index is 0.144. The van der Waals surface area contributed by atoms with Crippen molar-refractivity contribution < 1.29 is 4.79 Å². The SMILES string of the molecule is CCCCCCc1ccc(C(=O)CCN)cc1. The van der Waals surface area contributed by atoms with Crippen LogP contribution in [0, 0.1) is 0 Å². The molecule has 0 aliphatic carbocycles. The number of carbonyl (C=O) groups is 1. The number of aryl methyl sites for hydroxylation is 1. The Morgan fingerprint density at radius 3 is 2.41 bits per heavy atom. The van der Waals surface area contributed by atoms with Gasteiger partial charge in [0.25, 0.3) is 0 Å². The molecule has 17 heavy (non-hydrogen) atoms. The smallest absolute Gasteiger partial charge is 0.164 e. The molecule has 0 heterocycles. The molecule has 1 aromatic carbocycles. The lowest BCUT2D eigenvalue weighted by molar-refractivity contribution is 0.0985. The van der Waals surface area contributed by atoms with Gasteiger partial charge in [0.15, 0.2) is 5.78 Å². The van der Waals surface area contributed by atoms with Crippen molar-refractivity contribution in [1.29, 1.82) is 0 Å². The van der Waals surface area contributed by atoms with Crippen LogP contribution in [0.25, 0.3) is 0 Å². The lowest BCUT2D eigenvalue weighted by Crippen LogP contribution is -2.07. The van der Waals surface area contributed by atoms with Crippen LogP contribution >= 0.6 is 0 Å². The number of hydrogen-bond acceptors (Lipinski definition) is 2. The summed E-state index contributed by atoms with van der Waals surface area (Å²) in [6.07, 6.45) is 6.68. The summed E-state index contributed by atoms with van der Waals surface area (Å²) in [6.45, 7) is 2.65. The molecule has 0 unspecified atom stereocenters. The predicted molar refractivity (Wildman–Crippen MR) is 72.3 cm³/mol. The Kier molecular flexibility index (Phi) is 6.56.